The van der Waals surface area contributed by atoms with Crippen LogP contribution in [0.5, 0.6) is 0 Å². The van der Waals surface area contributed by atoms with E-state index in [0.717, 1.165) is 12.8 Å². The smallest absolute Gasteiger partial charge is 0.312 e. The standard InChI is InChI=1S/C16H26N2O4/c1-3-22-16(21)13-6-9-17(10-7-13)14(19)15(20)18-8-4-5-12(2)11-18/h12-13H,3-11H2,1-2H3. The molecule has 2 aliphatic rings. The van der Waals surface area contributed by atoms with Crippen molar-refractivity contribution in [2.45, 2.75) is 39.5 Å². The van der Waals surface area contributed by atoms with Gasteiger partial charge in [-0.05, 0) is 38.5 Å². The fraction of sp³-hybridized carbons (Fsp3) is 0.812. The maximum absolute atomic E-state index is 12.3. The Labute approximate surface area is 131 Å². The first-order valence-electron chi connectivity index (χ1n) is 8.27. The molecule has 0 saturated carbocycles. The Morgan fingerprint density at radius 1 is 1.00 bits per heavy atom. The molecule has 0 N–H and O–H groups in total. The van der Waals surface area contributed by atoms with E-state index in [9.17, 15) is 14.4 Å². The van der Waals surface area contributed by atoms with Crippen LogP contribution in [0.2, 0.25) is 0 Å². The van der Waals surface area contributed by atoms with Gasteiger partial charge in [0, 0.05) is 26.2 Å². The van der Waals surface area contributed by atoms with Crippen molar-refractivity contribution in [2.24, 2.45) is 11.8 Å². The lowest BCUT2D eigenvalue weighted by Gasteiger charge is -2.34. The summed E-state index contributed by atoms with van der Waals surface area (Å²) in [4.78, 5) is 39.6. The highest BCUT2D eigenvalue weighted by atomic mass is 16.5. The third kappa shape index (κ3) is 3.99. The van der Waals surface area contributed by atoms with Crippen LogP contribution in [-0.2, 0) is 19.1 Å². The minimum Gasteiger partial charge on any atom is -0.466 e. The Kier molecular flexibility index (Phi) is 5.80. The van der Waals surface area contributed by atoms with E-state index in [2.05, 4.69) is 6.92 Å². The SMILES string of the molecule is CCOC(=O)C1CCN(C(=O)C(=O)N2CCCC(C)C2)CC1. The highest BCUT2D eigenvalue weighted by Crippen LogP contribution is 2.20. The molecular weight excluding hydrogens is 284 g/mol. The van der Waals surface area contributed by atoms with Gasteiger partial charge >= 0.3 is 17.8 Å². The molecule has 0 bridgehead atoms. The summed E-state index contributed by atoms with van der Waals surface area (Å²) in [7, 11) is 0. The maximum Gasteiger partial charge on any atom is 0.312 e. The fourth-order valence-electron chi connectivity index (χ4n) is 3.22. The molecule has 6 heteroatoms. The first kappa shape index (κ1) is 16.8. The summed E-state index contributed by atoms with van der Waals surface area (Å²) in [6.45, 7) is 6.53. The van der Waals surface area contributed by atoms with E-state index < -0.39 is 5.91 Å². The molecule has 6 nitrogen and oxygen atoms in total. The van der Waals surface area contributed by atoms with Crippen LogP contribution in [0, 0.1) is 11.8 Å². The topological polar surface area (TPSA) is 66.9 Å². The van der Waals surface area contributed by atoms with Crippen LogP contribution >= 0.6 is 0 Å². The summed E-state index contributed by atoms with van der Waals surface area (Å²) in [5.74, 6) is -0.683. The van der Waals surface area contributed by atoms with Crippen LogP contribution in [0.1, 0.15) is 39.5 Å². The summed E-state index contributed by atoms with van der Waals surface area (Å²) in [6, 6.07) is 0. The summed E-state index contributed by atoms with van der Waals surface area (Å²) in [5.41, 5.74) is 0. The summed E-state index contributed by atoms with van der Waals surface area (Å²) in [6.07, 6.45) is 3.23. The molecule has 0 aromatic carbocycles. The Hall–Kier alpha value is -1.59. The van der Waals surface area contributed by atoms with Crippen LogP contribution < -0.4 is 0 Å². The molecule has 1 atom stereocenters. The van der Waals surface area contributed by atoms with Crippen LogP contribution in [0.15, 0.2) is 0 Å². The average Bonchev–Trinajstić information content (AvgIpc) is 2.54. The summed E-state index contributed by atoms with van der Waals surface area (Å²) < 4.78 is 5.01. The zero-order valence-corrected chi connectivity index (χ0v) is 13.5. The van der Waals surface area contributed by atoms with Gasteiger partial charge in [-0.3, -0.25) is 14.4 Å². The highest BCUT2D eigenvalue weighted by molar-refractivity contribution is 6.34. The number of ether oxygens (including phenoxy) is 1. The molecule has 2 heterocycles. The minimum atomic E-state index is -0.420. The maximum atomic E-state index is 12.3. The molecule has 2 amide bonds. The van der Waals surface area contributed by atoms with E-state index in [1.807, 2.05) is 0 Å². The van der Waals surface area contributed by atoms with E-state index in [1.165, 1.54) is 0 Å². The number of amides is 2. The predicted octanol–water partition coefficient (Wildman–Crippen LogP) is 1.05. The van der Waals surface area contributed by atoms with Crippen LogP contribution in [0.4, 0.5) is 0 Å². The van der Waals surface area contributed by atoms with Gasteiger partial charge in [-0.15, -0.1) is 0 Å². The quantitative estimate of drug-likeness (QED) is 0.565. The second-order valence-corrected chi connectivity index (χ2v) is 6.32. The normalized spacial score (nSPS) is 23.3. The van der Waals surface area contributed by atoms with Crippen molar-refractivity contribution in [2.75, 3.05) is 32.8 Å². The molecule has 2 fully saturated rings. The molecular formula is C16H26N2O4. The van der Waals surface area contributed by atoms with Crippen LogP contribution in [0.25, 0.3) is 0 Å². The van der Waals surface area contributed by atoms with Gasteiger partial charge in [-0.1, -0.05) is 6.92 Å². The van der Waals surface area contributed by atoms with E-state index in [4.69, 9.17) is 4.74 Å². The van der Waals surface area contributed by atoms with Gasteiger partial charge in [0.05, 0.1) is 12.5 Å². The Balaban J connectivity index is 1.84. The third-order valence-electron chi connectivity index (χ3n) is 4.53. The molecule has 0 radical (unpaired) electrons. The molecule has 2 saturated heterocycles. The molecule has 124 valence electrons. The summed E-state index contributed by atoms with van der Waals surface area (Å²) in [5, 5.41) is 0. The molecule has 22 heavy (non-hydrogen) atoms. The Morgan fingerprint density at radius 2 is 1.64 bits per heavy atom. The van der Waals surface area contributed by atoms with Crippen molar-refractivity contribution in [3.63, 3.8) is 0 Å². The van der Waals surface area contributed by atoms with Crippen molar-refractivity contribution in [3.05, 3.63) is 0 Å². The van der Waals surface area contributed by atoms with Gasteiger partial charge in [0.1, 0.15) is 0 Å². The molecule has 1 unspecified atom stereocenters. The zero-order chi connectivity index (χ0) is 16.1. The lowest BCUT2D eigenvalue weighted by Crippen LogP contribution is -2.50. The highest BCUT2D eigenvalue weighted by Gasteiger charge is 2.33. The molecule has 0 aromatic rings. The Morgan fingerprint density at radius 3 is 2.23 bits per heavy atom. The number of carbonyl (C=O) groups excluding carboxylic acids is 3. The number of hydrogen-bond acceptors (Lipinski definition) is 4. The molecule has 0 aromatic heterocycles. The first-order valence-corrected chi connectivity index (χ1v) is 8.27. The zero-order valence-electron chi connectivity index (χ0n) is 13.5. The number of esters is 1. The fourth-order valence-corrected chi connectivity index (χ4v) is 3.22. The number of likely N-dealkylation sites (tertiary alicyclic amines) is 2. The molecule has 2 aliphatic heterocycles. The second-order valence-electron chi connectivity index (χ2n) is 6.32. The van der Waals surface area contributed by atoms with Crippen LogP contribution in [-0.4, -0.2) is 60.4 Å². The molecule has 2 rings (SSSR count). The van der Waals surface area contributed by atoms with E-state index >= 15 is 0 Å². The van der Waals surface area contributed by atoms with Crippen molar-refractivity contribution < 1.29 is 19.1 Å². The van der Waals surface area contributed by atoms with Gasteiger partial charge in [-0.25, -0.2) is 0 Å². The van der Waals surface area contributed by atoms with Gasteiger partial charge in [-0.2, -0.15) is 0 Å². The number of rotatable bonds is 2. The molecule has 0 spiro atoms. The van der Waals surface area contributed by atoms with Crippen molar-refractivity contribution >= 4 is 17.8 Å². The lowest BCUT2D eigenvalue weighted by atomic mass is 9.96. The van der Waals surface area contributed by atoms with Crippen molar-refractivity contribution in [3.8, 4) is 0 Å². The largest absolute Gasteiger partial charge is 0.466 e. The lowest BCUT2D eigenvalue weighted by molar-refractivity contribution is -0.156. The number of piperidine rings is 2. The monoisotopic (exact) mass is 310 g/mol. The van der Waals surface area contributed by atoms with Crippen molar-refractivity contribution in [1.29, 1.82) is 0 Å². The van der Waals surface area contributed by atoms with E-state index in [-0.39, 0.29) is 17.8 Å². The van der Waals surface area contributed by atoms with Gasteiger partial charge in [0.2, 0.25) is 0 Å². The van der Waals surface area contributed by atoms with E-state index in [1.54, 1.807) is 16.7 Å². The molecule has 0 aliphatic carbocycles. The third-order valence-corrected chi connectivity index (χ3v) is 4.53. The Bertz CT molecular complexity index is 430. The minimum absolute atomic E-state index is 0.144. The predicted molar refractivity (Wildman–Crippen MR) is 80.9 cm³/mol. The number of hydrogen-bond donors (Lipinski definition) is 0. The number of nitrogens with zero attached hydrogens (tertiary/aromatic N) is 2. The average molecular weight is 310 g/mol. The summed E-state index contributed by atoms with van der Waals surface area (Å²) >= 11 is 0. The van der Waals surface area contributed by atoms with Crippen LogP contribution in [0.3, 0.4) is 0 Å². The van der Waals surface area contributed by atoms with Gasteiger partial charge < -0.3 is 14.5 Å². The van der Waals surface area contributed by atoms with Gasteiger partial charge in [0.25, 0.3) is 0 Å². The second kappa shape index (κ2) is 7.61. The first-order chi connectivity index (χ1) is 10.5. The van der Waals surface area contributed by atoms with Crippen molar-refractivity contribution in [1.82, 2.24) is 9.80 Å². The van der Waals surface area contributed by atoms with E-state index in [0.29, 0.717) is 51.5 Å². The number of carbonyl (C=O) groups is 3. The van der Waals surface area contributed by atoms with Gasteiger partial charge in [0.15, 0.2) is 0 Å².